The Balaban J connectivity index is 2.12. The number of ether oxygens (including phenoxy) is 1. The summed E-state index contributed by atoms with van der Waals surface area (Å²) in [6.07, 6.45) is 0. The topological polar surface area (TPSA) is 71.5 Å². The molecule has 0 spiro atoms. The SMILES string of the molecule is COc1cccc2cc(S(=O)(=O)N3CCNCC3)nc(Cl)c12. The van der Waals surface area contributed by atoms with Crippen LogP contribution in [0.2, 0.25) is 5.15 Å². The molecule has 0 radical (unpaired) electrons. The fourth-order valence-corrected chi connectivity index (χ4v) is 4.28. The maximum absolute atomic E-state index is 12.7. The monoisotopic (exact) mass is 341 g/mol. The molecule has 1 aromatic carbocycles. The van der Waals surface area contributed by atoms with Crippen LogP contribution in [0.1, 0.15) is 0 Å². The van der Waals surface area contributed by atoms with Gasteiger partial charge in [0.25, 0.3) is 10.0 Å². The van der Waals surface area contributed by atoms with Crippen molar-refractivity contribution in [3.8, 4) is 5.75 Å². The first-order valence-electron chi connectivity index (χ1n) is 6.88. The number of hydrogen-bond acceptors (Lipinski definition) is 5. The van der Waals surface area contributed by atoms with Crippen LogP contribution in [0.25, 0.3) is 10.8 Å². The number of hydrogen-bond donors (Lipinski definition) is 1. The van der Waals surface area contributed by atoms with Gasteiger partial charge < -0.3 is 10.1 Å². The zero-order valence-electron chi connectivity index (χ0n) is 12.0. The van der Waals surface area contributed by atoms with Crippen molar-refractivity contribution in [3.63, 3.8) is 0 Å². The van der Waals surface area contributed by atoms with Gasteiger partial charge in [0, 0.05) is 26.2 Å². The van der Waals surface area contributed by atoms with Crippen LogP contribution in [0.5, 0.6) is 5.75 Å². The van der Waals surface area contributed by atoms with Crippen LogP contribution in [0.3, 0.4) is 0 Å². The van der Waals surface area contributed by atoms with Gasteiger partial charge in [-0.2, -0.15) is 4.31 Å². The van der Waals surface area contributed by atoms with Crippen molar-refractivity contribution >= 4 is 32.4 Å². The van der Waals surface area contributed by atoms with Crippen LogP contribution >= 0.6 is 11.6 Å². The zero-order valence-corrected chi connectivity index (χ0v) is 13.6. The predicted octanol–water partition coefficient (Wildman–Crippen LogP) is 1.49. The fraction of sp³-hybridized carbons (Fsp3) is 0.357. The van der Waals surface area contributed by atoms with E-state index in [1.807, 2.05) is 0 Å². The lowest BCUT2D eigenvalue weighted by atomic mass is 10.1. The van der Waals surface area contributed by atoms with Gasteiger partial charge in [-0.25, -0.2) is 13.4 Å². The van der Waals surface area contributed by atoms with Gasteiger partial charge in [-0.1, -0.05) is 23.7 Å². The molecule has 2 aromatic rings. The summed E-state index contributed by atoms with van der Waals surface area (Å²) in [7, 11) is -2.10. The van der Waals surface area contributed by atoms with E-state index < -0.39 is 10.0 Å². The molecule has 1 saturated heterocycles. The molecule has 1 aromatic heterocycles. The first-order chi connectivity index (χ1) is 10.5. The van der Waals surface area contributed by atoms with E-state index in [1.54, 1.807) is 24.3 Å². The van der Waals surface area contributed by atoms with Crippen LogP contribution in [0.4, 0.5) is 0 Å². The van der Waals surface area contributed by atoms with Crippen LogP contribution in [-0.2, 0) is 10.0 Å². The Morgan fingerprint density at radius 2 is 2.05 bits per heavy atom. The number of piperazine rings is 1. The third-order valence-electron chi connectivity index (χ3n) is 3.65. The first-order valence-corrected chi connectivity index (χ1v) is 8.70. The molecule has 22 heavy (non-hydrogen) atoms. The van der Waals surface area contributed by atoms with E-state index in [4.69, 9.17) is 16.3 Å². The largest absolute Gasteiger partial charge is 0.496 e. The van der Waals surface area contributed by atoms with E-state index in [1.165, 1.54) is 11.4 Å². The summed E-state index contributed by atoms with van der Waals surface area (Å²) >= 11 is 6.20. The van der Waals surface area contributed by atoms with Gasteiger partial charge in [0.15, 0.2) is 5.03 Å². The van der Waals surface area contributed by atoms with Gasteiger partial charge in [-0.15, -0.1) is 0 Å². The molecule has 2 heterocycles. The third kappa shape index (κ3) is 2.65. The van der Waals surface area contributed by atoms with Crippen LogP contribution in [0, 0.1) is 0 Å². The second-order valence-electron chi connectivity index (χ2n) is 4.96. The molecule has 1 fully saturated rings. The highest BCUT2D eigenvalue weighted by atomic mass is 35.5. The Hall–Kier alpha value is -1.41. The summed E-state index contributed by atoms with van der Waals surface area (Å²) in [4.78, 5) is 4.09. The van der Waals surface area contributed by atoms with Gasteiger partial charge in [0.05, 0.1) is 12.5 Å². The number of sulfonamides is 1. The van der Waals surface area contributed by atoms with Gasteiger partial charge in [-0.05, 0) is 17.5 Å². The Kier molecular flexibility index (Phi) is 4.22. The van der Waals surface area contributed by atoms with Crippen molar-refractivity contribution in [3.05, 3.63) is 29.4 Å². The molecule has 3 rings (SSSR count). The van der Waals surface area contributed by atoms with Crippen LogP contribution in [-0.4, -0.2) is 51.0 Å². The van der Waals surface area contributed by atoms with Crippen molar-refractivity contribution in [2.75, 3.05) is 33.3 Å². The third-order valence-corrected chi connectivity index (χ3v) is 5.71. The van der Waals surface area contributed by atoms with E-state index in [9.17, 15) is 8.42 Å². The van der Waals surface area contributed by atoms with Gasteiger partial charge in [0.2, 0.25) is 0 Å². The lowest BCUT2D eigenvalue weighted by molar-refractivity contribution is 0.359. The second-order valence-corrected chi connectivity index (χ2v) is 7.21. The van der Waals surface area contributed by atoms with Crippen molar-refractivity contribution in [2.24, 2.45) is 0 Å². The van der Waals surface area contributed by atoms with E-state index in [2.05, 4.69) is 10.3 Å². The lowest BCUT2D eigenvalue weighted by Gasteiger charge is -2.26. The minimum Gasteiger partial charge on any atom is -0.496 e. The summed E-state index contributed by atoms with van der Waals surface area (Å²) in [6.45, 7) is 2.12. The molecule has 118 valence electrons. The number of nitrogens with one attached hydrogen (secondary N) is 1. The molecule has 0 aliphatic carbocycles. The predicted molar refractivity (Wildman–Crippen MR) is 84.9 cm³/mol. The van der Waals surface area contributed by atoms with E-state index in [-0.39, 0.29) is 10.2 Å². The highest BCUT2D eigenvalue weighted by Crippen LogP contribution is 2.32. The Morgan fingerprint density at radius 3 is 2.73 bits per heavy atom. The smallest absolute Gasteiger partial charge is 0.260 e. The van der Waals surface area contributed by atoms with Gasteiger partial charge >= 0.3 is 0 Å². The Morgan fingerprint density at radius 1 is 1.32 bits per heavy atom. The normalized spacial score (nSPS) is 16.8. The molecule has 6 nitrogen and oxygen atoms in total. The number of methoxy groups -OCH3 is 1. The first kappa shape index (κ1) is 15.5. The van der Waals surface area contributed by atoms with Gasteiger partial charge in [-0.3, -0.25) is 0 Å². The maximum Gasteiger partial charge on any atom is 0.260 e. The van der Waals surface area contributed by atoms with Crippen LogP contribution < -0.4 is 10.1 Å². The second kappa shape index (κ2) is 6.00. The zero-order chi connectivity index (χ0) is 15.7. The number of benzene rings is 1. The molecule has 1 N–H and O–H groups in total. The molecule has 0 bridgehead atoms. The van der Waals surface area contributed by atoms with Crippen molar-refractivity contribution in [2.45, 2.75) is 5.03 Å². The fourth-order valence-electron chi connectivity index (χ4n) is 2.53. The quantitative estimate of drug-likeness (QED) is 0.856. The van der Waals surface area contributed by atoms with Gasteiger partial charge in [0.1, 0.15) is 10.9 Å². The van der Waals surface area contributed by atoms with E-state index >= 15 is 0 Å². The van der Waals surface area contributed by atoms with Crippen molar-refractivity contribution in [1.29, 1.82) is 0 Å². The summed E-state index contributed by atoms with van der Waals surface area (Å²) in [5, 5.41) is 4.53. The van der Waals surface area contributed by atoms with Crippen LogP contribution in [0.15, 0.2) is 29.3 Å². The Bertz CT molecular complexity index is 804. The molecule has 0 saturated carbocycles. The molecule has 8 heteroatoms. The molecular weight excluding hydrogens is 326 g/mol. The summed E-state index contributed by atoms with van der Waals surface area (Å²) in [5.41, 5.74) is 0. The number of nitrogens with zero attached hydrogens (tertiary/aromatic N) is 2. The minimum atomic E-state index is -3.64. The van der Waals surface area contributed by atoms with E-state index in [0.717, 1.165) is 0 Å². The summed E-state index contributed by atoms with van der Waals surface area (Å²) < 4.78 is 32.0. The molecule has 1 aliphatic heterocycles. The molecule has 0 atom stereocenters. The number of aromatic nitrogens is 1. The van der Waals surface area contributed by atoms with E-state index in [0.29, 0.717) is 42.7 Å². The number of halogens is 1. The summed E-state index contributed by atoms with van der Waals surface area (Å²) in [5.74, 6) is 0.570. The molecular formula is C14H16ClN3O3S. The number of pyridine rings is 1. The molecule has 0 unspecified atom stereocenters. The average Bonchev–Trinajstić information content (AvgIpc) is 2.54. The molecule has 1 aliphatic rings. The maximum atomic E-state index is 12.7. The number of fused-ring (bicyclic) bond motifs is 1. The minimum absolute atomic E-state index is 0.0276. The average molecular weight is 342 g/mol. The lowest BCUT2D eigenvalue weighted by Crippen LogP contribution is -2.46. The Labute approximate surface area is 134 Å². The van der Waals surface area contributed by atoms with Crippen molar-refractivity contribution in [1.82, 2.24) is 14.6 Å². The standard InChI is InChI=1S/C14H16ClN3O3S/c1-21-11-4-2-3-10-9-12(17-14(15)13(10)11)22(19,20)18-7-5-16-6-8-18/h2-4,9,16H,5-8H2,1H3. The molecule has 0 amide bonds. The summed E-state index contributed by atoms with van der Waals surface area (Å²) in [6, 6.07) is 6.89. The highest BCUT2D eigenvalue weighted by molar-refractivity contribution is 7.89. The number of rotatable bonds is 3. The van der Waals surface area contributed by atoms with Crippen molar-refractivity contribution < 1.29 is 13.2 Å². The highest BCUT2D eigenvalue weighted by Gasteiger charge is 2.28.